The Morgan fingerprint density at radius 1 is 1.12 bits per heavy atom. The highest BCUT2D eigenvalue weighted by molar-refractivity contribution is 6.14. The van der Waals surface area contributed by atoms with Crippen LogP contribution >= 0.6 is 0 Å². The molecule has 4 aromatic rings. The number of para-hydroxylation sites is 2. The summed E-state index contributed by atoms with van der Waals surface area (Å²) in [6, 6.07) is 16.9. The Morgan fingerprint density at radius 2 is 2.00 bits per heavy atom. The van der Waals surface area contributed by atoms with Crippen LogP contribution in [0.1, 0.15) is 10.4 Å². The third-order valence-corrected chi connectivity index (χ3v) is 3.98. The predicted octanol–water partition coefficient (Wildman–Crippen LogP) is 3.98. The van der Waals surface area contributed by atoms with Crippen molar-refractivity contribution in [3.8, 4) is 5.88 Å². The molecule has 2 aromatic carbocycles. The number of carbonyl (C=O) groups is 1. The van der Waals surface area contributed by atoms with Crippen LogP contribution in [0.4, 0.5) is 5.69 Å². The van der Waals surface area contributed by atoms with E-state index in [9.17, 15) is 4.79 Å². The molecule has 0 fully saturated rings. The number of pyridine rings is 1. The summed E-state index contributed by atoms with van der Waals surface area (Å²) in [4.78, 5) is 20.4. The lowest BCUT2D eigenvalue weighted by Crippen LogP contribution is -2.13. The highest BCUT2D eigenvalue weighted by atomic mass is 16.5. The van der Waals surface area contributed by atoms with E-state index in [1.807, 2.05) is 54.7 Å². The van der Waals surface area contributed by atoms with E-state index in [4.69, 9.17) is 4.74 Å². The number of rotatable bonds is 3. The van der Waals surface area contributed by atoms with Gasteiger partial charge in [0.1, 0.15) is 0 Å². The normalized spacial score (nSPS) is 10.9. The Bertz CT molecular complexity index is 1050. The molecule has 2 heterocycles. The molecule has 0 aliphatic heterocycles. The first-order valence-electron chi connectivity index (χ1n) is 7.57. The number of carbonyl (C=O) groups excluding carboxylic acids is 1. The van der Waals surface area contributed by atoms with E-state index >= 15 is 0 Å². The summed E-state index contributed by atoms with van der Waals surface area (Å²) in [7, 11) is 1.54. The monoisotopic (exact) mass is 317 g/mol. The van der Waals surface area contributed by atoms with Crippen LogP contribution in [0.5, 0.6) is 5.88 Å². The average molecular weight is 317 g/mol. The fraction of sp³-hybridized carbons (Fsp3) is 0.0526. The molecular weight excluding hydrogens is 302 g/mol. The van der Waals surface area contributed by atoms with Gasteiger partial charge < -0.3 is 15.0 Å². The fourth-order valence-corrected chi connectivity index (χ4v) is 2.82. The molecule has 0 aliphatic rings. The number of nitrogens with zero attached hydrogens (tertiary/aromatic N) is 1. The topological polar surface area (TPSA) is 67.0 Å². The van der Waals surface area contributed by atoms with Crippen LogP contribution in [0.15, 0.2) is 60.8 Å². The lowest BCUT2D eigenvalue weighted by Gasteiger charge is -2.10. The Hall–Kier alpha value is -3.34. The molecule has 1 amide bonds. The molecule has 0 saturated heterocycles. The number of methoxy groups -OCH3 is 1. The number of anilines is 1. The molecule has 0 saturated carbocycles. The maximum atomic E-state index is 12.9. The number of hydrogen-bond donors (Lipinski definition) is 2. The van der Waals surface area contributed by atoms with Crippen molar-refractivity contribution >= 4 is 33.4 Å². The molecule has 0 unspecified atom stereocenters. The van der Waals surface area contributed by atoms with E-state index in [2.05, 4.69) is 15.3 Å². The summed E-state index contributed by atoms with van der Waals surface area (Å²) in [5.74, 6) is 0.214. The first-order chi connectivity index (χ1) is 11.8. The molecule has 24 heavy (non-hydrogen) atoms. The van der Waals surface area contributed by atoms with Crippen molar-refractivity contribution in [3.63, 3.8) is 0 Å². The number of amides is 1. The van der Waals surface area contributed by atoms with Gasteiger partial charge in [-0.15, -0.1) is 0 Å². The van der Waals surface area contributed by atoms with E-state index < -0.39 is 0 Å². The van der Waals surface area contributed by atoms with Crippen LogP contribution in [-0.4, -0.2) is 23.0 Å². The van der Waals surface area contributed by atoms with Crippen molar-refractivity contribution in [3.05, 3.63) is 66.4 Å². The van der Waals surface area contributed by atoms with Gasteiger partial charge in [-0.3, -0.25) is 4.79 Å². The predicted molar refractivity (Wildman–Crippen MR) is 94.5 cm³/mol. The number of nitrogens with one attached hydrogen (secondary N) is 2. The quantitative estimate of drug-likeness (QED) is 0.600. The number of fused-ring (bicyclic) bond motifs is 2. The summed E-state index contributed by atoms with van der Waals surface area (Å²) in [6.07, 6.45) is 1.85. The second kappa shape index (κ2) is 5.70. The lowest BCUT2D eigenvalue weighted by molar-refractivity contribution is 0.102. The zero-order valence-electron chi connectivity index (χ0n) is 13.0. The van der Waals surface area contributed by atoms with Gasteiger partial charge in [-0.1, -0.05) is 30.3 Å². The summed E-state index contributed by atoms with van der Waals surface area (Å²) >= 11 is 0. The smallest absolute Gasteiger partial charge is 0.256 e. The molecule has 0 radical (unpaired) electrons. The second-order valence-electron chi connectivity index (χ2n) is 5.43. The number of H-pyrrole nitrogens is 1. The minimum absolute atomic E-state index is 0.200. The number of hydrogen-bond acceptors (Lipinski definition) is 3. The molecular formula is C19H15N3O2. The zero-order chi connectivity index (χ0) is 16.5. The van der Waals surface area contributed by atoms with Crippen molar-refractivity contribution in [1.82, 2.24) is 9.97 Å². The summed E-state index contributed by atoms with van der Waals surface area (Å²) in [6.45, 7) is 0. The van der Waals surface area contributed by atoms with E-state index in [0.29, 0.717) is 11.4 Å². The van der Waals surface area contributed by atoms with Crippen molar-refractivity contribution in [2.24, 2.45) is 0 Å². The third-order valence-electron chi connectivity index (χ3n) is 3.98. The maximum Gasteiger partial charge on any atom is 0.256 e. The SMILES string of the molecule is COc1cc(C(=O)Nc2cccc3cc[nH]c23)c2ccccc2n1. The Morgan fingerprint density at radius 3 is 2.88 bits per heavy atom. The van der Waals surface area contributed by atoms with Crippen molar-refractivity contribution in [2.75, 3.05) is 12.4 Å². The molecule has 0 atom stereocenters. The van der Waals surface area contributed by atoms with E-state index in [0.717, 1.165) is 27.5 Å². The Kier molecular flexibility index (Phi) is 3.39. The minimum Gasteiger partial charge on any atom is -0.481 e. The number of aromatic nitrogens is 2. The van der Waals surface area contributed by atoms with Crippen LogP contribution in [0, 0.1) is 0 Å². The summed E-state index contributed by atoms with van der Waals surface area (Å²) < 4.78 is 5.22. The van der Waals surface area contributed by atoms with E-state index in [1.54, 1.807) is 13.2 Å². The van der Waals surface area contributed by atoms with E-state index in [1.165, 1.54) is 0 Å². The van der Waals surface area contributed by atoms with Crippen molar-refractivity contribution < 1.29 is 9.53 Å². The average Bonchev–Trinajstić information content (AvgIpc) is 3.10. The highest BCUT2D eigenvalue weighted by Gasteiger charge is 2.14. The maximum absolute atomic E-state index is 12.9. The molecule has 118 valence electrons. The number of aromatic amines is 1. The molecule has 2 N–H and O–H groups in total. The Labute approximate surface area is 138 Å². The number of benzene rings is 2. The van der Waals surface area contributed by atoms with Crippen molar-refractivity contribution in [2.45, 2.75) is 0 Å². The van der Waals surface area contributed by atoms with Gasteiger partial charge in [-0.25, -0.2) is 4.98 Å². The van der Waals surface area contributed by atoms with Gasteiger partial charge >= 0.3 is 0 Å². The first-order valence-corrected chi connectivity index (χ1v) is 7.57. The van der Waals surface area contributed by atoms with Crippen LogP contribution < -0.4 is 10.1 Å². The number of ether oxygens (including phenoxy) is 1. The largest absolute Gasteiger partial charge is 0.481 e. The Balaban J connectivity index is 1.79. The van der Waals surface area contributed by atoms with Crippen LogP contribution in [0.3, 0.4) is 0 Å². The van der Waals surface area contributed by atoms with Gasteiger partial charge in [0.15, 0.2) is 0 Å². The van der Waals surface area contributed by atoms with E-state index in [-0.39, 0.29) is 5.91 Å². The molecule has 5 nitrogen and oxygen atoms in total. The highest BCUT2D eigenvalue weighted by Crippen LogP contribution is 2.25. The lowest BCUT2D eigenvalue weighted by atomic mass is 10.1. The summed E-state index contributed by atoms with van der Waals surface area (Å²) in [5.41, 5.74) is 2.89. The van der Waals surface area contributed by atoms with Crippen LogP contribution in [-0.2, 0) is 0 Å². The van der Waals surface area contributed by atoms with Crippen molar-refractivity contribution in [1.29, 1.82) is 0 Å². The molecule has 4 rings (SSSR count). The second-order valence-corrected chi connectivity index (χ2v) is 5.43. The van der Waals surface area contributed by atoms with Gasteiger partial charge in [0.25, 0.3) is 5.91 Å². The van der Waals surface area contributed by atoms with Crippen LogP contribution in [0.2, 0.25) is 0 Å². The van der Waals surface area contributed by atoms with Gasteiger partial charge in [-0.2, -0.15) is 0 Å². The molecule has 2 aromatic heterocycles. The minimum atomic E-state index is -0.200. The molecule has 0 spiro atoms. The summed E-state index contributed by atoms with van der Waals surface area (Å²) in [5, 5.41) is 4.81. The standard InChI is InChI=1S/C19H15N3O2/c1-24-17-11-14(13-6-2-3-7-15(13)21-17)19(23)22-16-8-4-5-12-9-10-20-18(12)16/h2-11,20H,1H3,(H,22,23). The van der Waals surface area contributed by atoms with Gasteiger partial charge in [0.2, 0.25) is 5.88 Å². The third kappa shape index (κ3) is 2.36. The molecule has 0 bridgehead atoms. The first kappa shape index (κ1) is 14.3. The van der Waals surface area contributed by atoms with Gasteiger partial charge in [0, 0.05) is 23.0 Å². The fourth-order valence-electron chi connectivity index (χ4n) is 2.82. The van der Waals surface area contributed by atoms with Gasteiger partial charge in [0.05, 0.1) is 29.4 Å². The van der Waals surface area contributed by atoms with Crippen LogP contribution in [0.25, 0.3) is 21.8 Å². The molecule has 5 heteroatoms. The molecule has 0 aliphatic carbocycles. The van der Waals surface area contributed by atoms with Gasteiger partial charge in [-0.05, 0) is 18.2 Å². The zero-order valence-corrected chi connectivity index (χ0v) is 13.0.